The first-order valence-electron chi connectivity index (χ1n) is 4.62. The van der Waals surface area contributed by atoms with Gasteiger partial charge in [0.05, 0.1) is 5.69 Å². The van der Waals surface area contributed by atoms with Gasteiger partial charge in [-0.2, -0.15) is 11.6 Å². The van der Waals surface area contributed by atoms with Crippen molar-refractivity contribution in [3.63, 3.8) is 0 Å². The molecule has 4 nitrogen and oxygen atoms in total. The minimum absolute atomic E-state index is 0.396. The summed E-state index contributed by atoms with van der Waals surface area (Å²) >= 11 is 2.49. The van der Waals surface area contributed by atoms with E-state index in [0.29, 0.717) is 12.3 Å². The quantitative estimate of drug-likeness (QED) is 0.630. The largest absolute Gasteiger partial charge is 0.444 e. The zero-order chi connectivity index (χ0) is 12.0. The Bertz CT molecular complexity index is 355. The van der Waals surface area contributed by atoms with Gasteiger partial charge in [-0.15, -0.1) is 11.6 Å². The van der Waals surface area contributed by atoms with E-state index in [0.717, 1.165) is 35.2 Å². The van der Waals surface area contributed by atoms with E-state index in [1.54, 1.807) is 6.20 Å². The van der Waals surface area contributed by atoms with Crippen LogP contribution in [0.1, 0.15) is 16.8 Å². The van der Waals surface area contributed by atoms with Crippen LogP contribution in [0.15, 0.2) is 11.1 Å². The van der Waals surface area contributed by atoms with Gasteiger partial charge in [-0.3, -0.25) is 4.98 Å². The Morgan fingerprint density at radius 2 is 2.19 bits per heavy atom. The Hall–Kier alpha value is -0.140. The van der Waals surface area contributed by atoms with Crippen molar-refractivity contribution >= 4 is 36.7 Å². The van der Waals surface area contributed by atoms with E-state index in [-0.39, 0.29) is 0 Å². The van der Waals surface area contributed by atoms with Gasteiger partial charge in [0, 0.05) is 23.4 Å². The lowest BCUT2D eigenvalue weighted by Crippen LogP contribution is -2.06. The lowest BCUT2D eigenvalue weighted by atomic mass is 10.1. The zero-order valence-electron chi connectivity index (χ0n) is 8.88. The molecule has 0 amide bonds. The van der Waals surface area contributed by atoms with E-state index in [1.165, 1.54) is 23.2 Å². The molecule has 0 aromatic carbocycles. The Morgan fingerprint density at radius 1 is 1.44 bits per heavy atom. The molecule has 16 heavy (non-hydrogen) atoms. The van der Waals surface area contributed by atoms with E-state index in [4.69, 9.17) is 15.8 Å². The predicted octanol–water partition coefficient (Wildman–Crippen LogP) is 0.227. The van der Waals surface area contributed by atoms with Crippen LogP contribution in [0.3, 0.4) is 0 Å². The van der Waals surface area contributed by atoms with E-state index in [1.807, 2.05) is 6.92 Å². The summed E-state index contributed by atoms with van der Waals surface area (Å²) in [5.41, 5.74) is 8.43. The SMILES string of the molecule is Cc1ncc(CN)c(CS[B]O)c1S[B]O. The minimum atomic E-state index is 0.396. The molecular weight excluding hydrogens is 242 g/mol. The molecule has 1 aromatic heterocycles. The van der Waals surface area contributed by atoms with Gasteiger partial charge in [-0.05, 0) is 18.1 Å². The number of rotatable bonds is 6. The van der Waals surface area contributed by atoms with Crippen LogP contribution in [0.25, 0.3) is 0 Å². The number of hydrogen-bond acceptors (Lipinski definition) is 6. The Kier molecular flexibility index (Phi) is 6.30. The van der Waals surface area contributed by atoms with Crippen LogP contribution in [0.2, 0.25) is 0 Å². The number of aromatic nitrogens is 1. The summed E-state index contributed by atoms with van der Waals surface area (Å²) in [4.78, 5) is 5.13. The van der Waals surface area contributed by atoms with Crippen LogP contribution in [-0.2, 0) is 12.3 Å². The number of nitrogens with two attached hydrogens (primary N) is 1. The molecule has 1 heterocycles. The molecule has 0 atom stereocenters. The molecule has 0 aliphatic carbocycles. The predicted molar refractivity (Wildman–Crippen MR) is 70.0 cm³/mol. The first kappa shape index (κ1) is 13.9. The standard InChI is InChI=1S/C8H12B2N2O2S2/c1-5-8(16-10-14)7(4-15-9-13)6(2-11)3-12-5/h3,13-14H,2,4,11H2,1H3. The fourth-order valence-electron chi connectivity index (χ4n) is 1.34. The van der Waals surface area contributed by atoms with Crippen molar-refractivity contribution in [1.82, 2.24) is 4.98 Å². The molecule has 4 N–H and O–H groups in total. The lowest BCUT2D eigenvalue weighted by molar-refractivity contribution is 0.622. The van der Waals surface area contributed by atoms with Crippen molar-refractivity contribution in [2.75, 3.05) is 0 Å². The molecule has 0 fully saturated rings. The molecule has 0 saturated heterocycles. The summed E-state index contributed by atoms with van der Waals surface area (Å²) in [5, 5.41) is 17.6. The normalized spacial score (nSPS) is 10.2. The summed E-state index contributed by atoms with van der Waals surface area (Å²) < 4.78 is 0. The van der Waals surface area contributed by atoms with Crippen LogP contribution in [-0.4, -0.2) is 28.6 Å². The highest BCUT2D eigenvalue weighted by Gasteiger charge is 2.12. The average Bonchev–Trinajstić information content (AvgIpc) is 2.30. The molecule has 0 aliphatic heterocycles. The third-order valence-electron chi connectivity index (χ3n) is 2.10. The first-order valence-corrected chi connectivity index (χ1v) is 6.54. The summed E-state index contributed by atoms with van der Waals surface area (Å²) in [6.45, 7) is 4.35. The smallest absolute Gasteiger partial charge is 0.374 e. The molecule has 0 spiro atoms. The van der Waals surface area contributed by atoms with Gasteiger partial charge in [0.2, 0.25) is 0 Å². The monoisotopic (exact) mass is 254 g/mol. The van der Waals surface area contributed by atoms with E-state index >= 15 is 0 Å². The first-order chi connectivity index (χ1) is 7.74. The Morgan fingerprint density at radius 3 is 2.75 bits per heavy atom. The highest BCUT2D eigenvalue weighted by Crippen LogP contribution is 2.29. The summed E-state index contributed by atoms with van der Waals surface area (Å²) in [5.74, 6) is 0.614. The van der Waals surface area contributed by atoms with E-state index in [9.17, 15) is 0 Å². The van der Waals surface area contributed by atoms with Gasteiger partial charge in [0.1, 0.15) is 0 Å². The average molecular weight is 254 g/mol. The zero-order valence-corrected chi connectivity index (χ0v) is 10.5. The van der Waals surface area contributed by atoms with Gasteiger partial charge in [0.25, 0.3) is 0 Å². The number of pyridine rings is 1. The highest BCUT2D eigenvalue weighted by atomic mass is 32.2. The van der Waals surface area contributed by atoms with Crippen molar-refractivity contribution in [1.29, 1.82) is 0 Å². The summed E-state index contributed by atoms with van der Waals surface area (Å²) in [6, 6.07) is 0. The van der Waals surface area contributed by atoms with E-state index in [2.05, 4.69) is 4.98 Å². The maximum Gasteiger partial charge on any atom is 0.374 e. The second kappa shape index (κ2) is 7.24. The lowest BCUT2D eigenvalue weighted by Gasteiger charge is -2.13. The van der Waals surface area contributed by atoms with Crippen LogP contribution in [0.4, 0.5) is 0 Å². The summed E-state index contributed by atoms with van der Waals surface area (Å²) in [7, 11) is 0. The Labute approximate surface area is 105 Å². The second-order valence-corrected chi connectivity index (χ2v) is 4.71. The second-order valence-electron chi connectivity index (χ2n) is 3.02. The molecular formula is C8H12B2N2O2S2. The van der Waals surface area contributed by atoms with Crippen LogP contribution < -0.4 is 5.73 Å². The van der Waals surface area contributed by atoms with Crippen molar-refractivity contribution < 1.29 is 10.0 Å². The van der Waals surface area contributed by atoms with E-state index < -0.39 is 0 Å². The molecule has 0 unspecified atom stereocenters. The van der Waals surface area contributed by atoms with Gasteiger partial charge in [0.15, 0.2) is 0 Å². The van der Waals surface area contributed by atoms with Gasteiger partial charge < -0.3 is 15.8 Å². The van der Waals surface area contributed by atoms with Crippen molar-refractivity contribution in [3.05, 3.63) is 23.0 Å². The molecule has 1 rings (SSSR count). The fraction of sp³-hybridized carbons (Fsp3) is 0.375. The topological polar surface area (TPSA) is 79.4 Å². The van der Waals surface area contributed by atoms with Gasteiger partial charge in [-0.1, -0.05) is 0 Å². The molecule has 0 aliphatic rings. The van der Waals surface area contributed by atoms with Crippen molar-refractivity contribution in [3.8, 4) is 0 Å². The molecule has 1 aromatic rings. The van der Waals surface area contributed by atoms with Crippen LogP contribution in [0.5, 0.6) is 0 Å². The van der Waals surface area contributed by atoms with Gasteiger partial charge in [-0.25, -0.2) is 0 Å². The van der Waals surface area contributed by atoms with Gasteiger partial charge >= 0.3 is 13.5 Å². The van der Waals surface area contributed by atoms with Crippen molar-refractivity contribution in [2.45, 2.75) is 24.1 Å². The third-order valence-corrected chi connectivity index (χ3v) is 3.58. The Balaban J connectivity index is 3.08. The molecule has 84 valence electrons. The summed E-state index contributed by atoms with van der Waals surface area (Å²) in [6.07, 6.45) is 1.74. The molecule has 0 saturated carbocycles. The van der Waals surface area contributed by atoms with Crippen LogP contribution in [0, 0.1) is 6.92 Å². The number of nitrogens with zero attached hydrogens (tertiary/aromatic N) is 1. The molecule has 0 bridgehead atoms. The number of hydrogen-bond donors (Lipinski definition) is 3. The molecule has 2 radical (unpaired) electrons. The number of aryl methyl sites for hydroxylation is 1. The van der Waals surface area contributed by atoms with Crippen molar-refractivity contribution in [2.24, 2.45) is 5.73 Å². The third kappa shape index (κ3) is 3.43. The maximum atomic E-state index is 8.87. The van der Waals surface area contributed by atoms with Crippen LogP contribution >= 0.6 is 23.2 Å². The fourth-order valence-corrected chi connectivity index (χ4v) is 2.68. The molecule has 8 heteroatoms. The maximum absolute atomic E-state index is 8.87. The minimum Gasteiger partial charge on any atom is -0.444 e. The highest BCUT2D eigenvalue weighted by molar-refractivity contribution is 8.22.